The molecule has 0 aromatic heterocycles. The molecule has 0 bridgehead atoms. The molecule has 0 saturated carbocycles. The van der Waals surface area contributed by atoms with Crippen molar-refractivity contribution in [1.29, 1.82) is 0 Å². The van der Waals surface area contributed by atoms with Crippen LogP contribution in [0.1, 0.15) is 11.1 Å². The molecular formula is C19H21NO. The van der Waals surface area contributed by atoms with E-state index in [0.717, 1.165) is 24.3 Å². The standard InChI is InChI=1S/C19H21NO/c1-20-18(13-16-9-5-3-6-10-16)15-19(21-2)14-17-11-7-4-8-12-17/h3-12,15H,13-14H2,1-2H3. The lowest BCUT2D eigenvalue weighted by Crippen LogP contribution is -2.03. The van der Waals surface area contributed by atoms with Crippen molar-refractivity contribution in [3.05, 3.63) is 83.6 Å². The zero-order valence-electron chi connectivity index (χ0n) is 12.6. The Kier molecular flexibility index (Phi) is 5.77. The summed E-state index contributed by atoms with van der Waals surface area (Å²) in [6.45, 7) is 0. The van der Waals surface area contributed by atoms with Crippen LogP contribution in [0.15, 0.2) is 77.5 Å². The largest absolute Gasteiger partial charge is 0.501 e. The van der Waals surface area contributed by atoms with E-state index in [2.05, 4.69) is 29.3 Å². The predicted octanol–water partition coefficient (Wildman–Crippen LogP) is 4.07. The van der Waals surface area contributed by atoms with Gasteiger partial charge in [-0.25, -0.2) is 0 Å². The monoisotopic (exact) mass is 279 g/mol. The summed E-state index contributed by atoms with van der Waals surface area (Å²) in [4.78, 5) is 4.37. The highest BCUT2D eigenvalue weighted by Gasteiger charge is 2.03. The highest BCUT2D eigenvalue weighted by Crippen LogP contribution is 2.10. The Morgan fingerprint density at radius 3 is 1.90 bits per heavy atom. The van der Waals surface area contributed by atoms with Gasteiger partial charge in [0.25, 0.3) is 0 Å². The fourth-order valence-corrected chi connectivity index (χ4v) is 2.16. The van der Waals surface area contributed by atoms with Crippen molar-refractivity contribution in [3.63, 3.8) is 0 Å². The zero-order valence-corrected chi connectivity index (χ0v) is 12.6. The van der Waals surface area contributed by atoms with E-state index in [-0.39, 0.29) is 0 Å². The van der Waals surface area contributed by atoms with E-state index in [9.17, 15) is 0 Å². The second kappa shape index (κ2) is 8.05. The Morgan fingerprint density at radius 1 is 0.905 bits per heavy atom. The van der Waals surface area contributed by atoms with Gasteiger partial charge in [0.1, 0.15) is 5.76 Å². The summed E-state index contributed by atoms with van der Waals surface area (Å²) in [6.07, 6.45) is 3.64. The van der Waals surface area contributed by atoms with Crippen molar-refractivity contribution in [2.45, 2.75) is 12.8 Å². The maximum atomic E-state index is 5.50. The van der Waals surface area contributed by atoms with Crippen molar-refractivity contribution in [1.82, 2.24) is 0 Å². The average Bonchev–Trinajstić information content (AvgIpc) is 2.55. The van der Waals surface area contributed by atoms with E-state index in [0.29, 0.717) is 0 Å². The number of ether oxygens (including phenoxy) is 1. The first kappa shape index (κ1) is 15.0. The van der Waals surface area contributed by atoms with E-state index in [1.165, 1.54) is 11.1 Å². The molecule has 0 radical (unpaired) electrons. The second-order valence-corrected chi connectivity index (χ2v) is 4.85. The summed E-state index contributed by atoms with van der Waals surface area (Å²) in [7, 11) is 3.54. The van der Waals surface area contributed by atoms with Crippen LogP contribution in [0.2, 0.25) is 0 Å². The van der Waals surface area contributed by atoms with Gasteiger partial charge in [-0.05, 0) is 17.2 Å². The van der Waals surface area contributed by atoms with E-state index >= 15 is 0 Å². The molecule has 0 N–H and O–H groups in total. The van der Waals surface area contributed by atoms with Crippen molar-refractivity contribution >= 4 is 5.71 Å². The molecule has 0 spiro atoms. The first-order chi connectivity index (χ1) is 10.3. The fraction of sp³-hybridized carbons (Fsp3) is 0.211. The molecule has 0 amide bonds. The number of nitrogens with zero attached hydrogens (tertiary/aromatic N) is 1. The number of methoxy groups -OCH3 is 1. The lowest BCUT2D eigenvalue weighted by atomic mass is 10.1. The Hall–Kier alpha value is -2.35. The van der Waals surface area contributed by atoms with Gasteiger partial charge in [0.05, 0.1) is 7.11 Å². The highest BCUT2D eigenvalue weighted by atomic mass is 16.5. The average molecular weight is 279 g/mol. The quantitative estimate of drug-likeness (QED) is 0.577. The van der Waals surface area contributed by atoms with Gasteiger partial charge in [0.15, 0.2) is 0 Å². The molecule has 0 aliphatic carbocycles. The highest BCUT2D eigenvalue weighted by molar-refractivity contribution is 5.96. The Morgan fingerprint density at radius 2 is 1.43 bits per heavy atom. The second-order valence-electron chi connectivity index (χ2n) is 4.85. The summed E-state index contributed by atoms with van der Waals surface area (Å²) < 4.78 is 5.50. The van der Waals surface area contributed by atoms with Crippen LogP contribution in [0.5, 0.6) is 0 Å². The minimum atomic E-state index is 0.783. The maximum Gasteiger partial charge on any atom is 0.102 e. The van der Waals surface area contributed by atoms with Crippen LogP contribution >= 0.6 is 0 Å². The predicted molar refractivity (Wildman–Crippen MR) is 88.7 cm³/mol. The third-order valence-electron chi connectivity index (χ3n) is 3.33. The first-order valence-electron chi connectivity index (χ1n) is 7.10. The van der Waals surface area contributed by atoms with Crippen LogP contribution in [0.25, 0.3) is 0 Å². The van der Waals surface area contributed by atoms with Gasteiger partial charge in [-0.3, -0.25) is 4.99 Å². The van der Waals surface area contributed by atoms with Crippen LogP contribution in [0.4, 0.5) is 0 Å². The van der Waals surface area contributed by atoms with Crippen molar-refractivity contribution < 1.29 is 4.74 Å². The first-order valence-corrected chi connectivity index (χ1v) is 7.10. The van der Waals surface area contributed by atoms with Crippen molar-refractivity contribution in [2.24, 2.45) is 4.99 Å². The van der Waals surface area contributed by atoms with Gasteiger partial charge in [-0.15, -0.1) is 0 Å². The van der Waals surface area contributed by atoms with Gasteiger partial charge < -0.3 is 4.74 Å². The Bertz CT molecular complexity index is 600. The molecule has 0 heterocycles. The molecule has 2 heteroatoms. The zero-order chi connectivity index (χ0) is 14.9. The molecule has 2 aromatic rings. The molecule has 0 fully saturated rings. The van der Waals surface area contributed by atoms with Gasteiger partial charge in [0, 0.05) is 25.6 Å². The minimum Gasteiger partial charge on any atom is -0.501 e. The van der Waals surface area contributed by atoms with Crippen LogP contribution in [0, 0.1) is 0 Å². The number of benzene rings is 2. The normalized spacial score (nSPS) is 12.3. The molecule has 0 unspecified atom stereocenters. The maximum absolute atomic E-state index is 5.50. The number of aliphatic imine (C=N–C) groups is 1. The molecule has 0 saturated heterocycles. The molecule has 21 heavy (non-hydrogen) atoms. The number of hydrogen-bond donors (Lipinski definition) is 0. The number of rotatable bonds is 6. The molecule has 108 valence electrons. The van der Waals surface area contributed by atoms with Crippen LogP contribution < -0.4 is 0 Å². The van der Waals surface area contributed by atoms with Gasteiger partial charge in [-0.1, -0.05) is 60.7 Å². The minimum absolute atomic E-state index is 0.783. The molecule has 0 aliphatic heterocycles. The molecule has 0 atom stereocenters. The third kappa shape index (κ3) is 4.92. The van der Waals surface area contributed by atoms with E-state index < -0.39 is 0 Å². The van der Waals surface area contributed by atoms with Crippen molar-refractivity contribution in [3.8, 4) is 0 Å². The summed E-state index contributed by atoms with van der Waals surface area (Å²) >= 11 is 0. The Balaban J connectivity index is 2.10. The molecule has 2 nitrogen and oxygen atoms in total. The third-order valence-corrected chi connectivity index (χ3v) is 3.33. The number of allylic oxidation sites excluding steroid dienone is 2. The smallest absolute Gasteiger partial charge is 0.102 e. The molecule has 2 aromatic carbocycles. The van der Waals surface area contributed by atoms with Gasteiger partial charge in [0.2, 0.25) is 0 Å². The lowest BCUT2D eigenvalue weighted by molar-refractivity contribution is 0.284. The molecular weight excluding hydrogens is 258 g/mol. The summed E-state index contributed by atoms with van der Waals surface area (Å²) in [5.74, 6) is 0.928. The number of hydrogen-bond acceptors (Lipinski definition) is 2. The van der Waals surface area contributed by atoms with Crippen LogP contribution in [-0.4, -0.2) is 19.9 Å². The fourth-order valence-electron chi connectivity index (χ4n) is 2.16. The SMILES string of the molecule is CN=C(C=C(Cc1ccccc1)OC)Cc1ccccc1. The topological polar surface area (TPSA) is 21.6 Å². The summed E-state index contributed by atoms with van der Waals surface area (Å²) in [5.41, 5.74) is 3.51. The van der Waals surface area contributed by atoms with E-state index in [1.807, 2.05) is 49.5 Å². The Labute approximate surface area is 126 Å². The molecule has 2 rings (SSSR count). The van der Waals surface area contributed by atoms with Gasteiger partial charge in [-0.2, -0.15) is 0 Å². The molecule has 0 aliphatic rings. The van der Waals surface area contributed by atoms with Crippen LogP contribution in [0.3, 0.4) is 0 Å². The van der Waals surface area contributed by atoms with E-state index in [4.69, 9.17) is 4.74 Å². The summed E-state index contributed by atoms with van der Waals surface area (Å²) in [6, 6.07) is 20.7. The summed E-state index contributed by atoms with van der Waals surface area (Å²) in [5, 5.41) is 0. The van der Waals surface area contributed by atoms with Gasteiger partial charge >= 0.3 is 0 Å². The van der Waals surface area contributed by atoms with Crippen LogP contribution in [-0.2, 0) is 17.6 Å². The van der Waals surface area contributed by atoms with E-state index in [1.54, 1.807) is 7.11 Å². The van der Waals surface area contributed by atoms with Crippen molar-refractivity contribution in [2.75, 3.05) is 14.2 Å². The lowest BCUT2D eigenvalue weighted by Gasteiger charge is -2.08.